The Balaban J connectivity index is 1.78. The lowest BCUT2D eigenvalue weighted by Crippen LogP contribution is -2.37. The quantitative estimate of drug-likeness (QED) is 0.889. The van der Waals surface area contributed by atoms with Gasteiger partial charge in [0.1, 0.15) is 6.04 Å². The second-order valence-electron chi connectivity index (χ2n) is 6.66. The molecule has 7 nitrogen and oxygen atoms in total. The van der Waals surface area contributed by atoms with Gasteiger partial charge in [-0.2, -0.15) is 4.98 Å². The molecule has 0 spiro atoms. The number of ether oxygens (including phenoxy) is 2. The minimum Gasteiger partial charge on any atom is -0.501 e. The van der Waals surface area contributed by atoms with Crippen molar-refractivity contribution in [2.75, 3.05) is 19.8 Å². The fourth-order valence-corrected chi connectivity index (χ4v) is 3.00. The van der Waals surface area contributed by atoms with Crippen LogP contribution >= 0.6 is 0 Å². The number of nitrogens with one attached hydrogen (secondary N) is 1. The highest BCUT2D eigenvalue weighted by Crippen LogP contribution is 2.30. The molecule has 0 bridgehead atoms. The van der Waals surface area contributed by atoms with Crippen LogP contribution in [0.4, 0.5) is 0 Å². The van der Waals surface area contributed by atoms with E-state index in [1.807, 2.05) is 13.8 Å². The second kappa shape index (κ2) is 7.79. The number of rotatable bonds is 5. The molecule has 1 saturated heterocycles. The molecule has 1 N–H and O–H groups in total. The molecule has 0 unspecified atom stereocenters. The lowest BCUT2D eigenvalue weighted by molar-refractivity contribution is -0.119. The molecule has 0 saturated carbocycles. The average molecular weight is 335 g/mol. The summed E-state index contributed by atoms with van der Waals surface area (Å²) in [6.45, 7) is 6.07. The molecule has 3 rings (SSSR count). The van der Waals surface area contributed by atoms with Crippen molar-refractivity contribution in [3.8, 4) is 0 Å². The Bertz CT molecular complexity index is 590. The van der Waals surface area contributed by atoms with Crippen molar-refractivity contribution in [2.45, 2.75) is 51.5 Å². The van der Waals surface area contributed by atoms with Gasteiger partial charge in [-0.1, -0.05) is 19.0 Å². The van der Waals surface area contributed by atoms with E-state index in [1.54, 1.807) is 6.26 Å². The van der Waals surface area contributed by atoms with Gasteiger partial charge in [-0.25, -0.2) is 0 Å². The van der Waals surface area contributed by atoms with E-state index in [0.29, 0.717) is 37.1 Å². The van der Waals surface area contributed by atoms with Crippen LogP contribution in [0.1, 0.15) is 63.2 Å². The summed E-state index contributed by atoms with van der Waals surface area (Å²) in [5.74, 6) is 1.44. The number of carbonyl (C=O) groups is 1. The first-order chi connectivity index (χ1) is 11.6. The number of hydrogen-bond donors (Lipinski definition) is 1. The molecule has 1 fully saturated rings. The number of hydrogen-bond acceptors (Lipinski definition) is 6. The summed E-state index contributed by atoms with van der Waals surface area (Å²) in [5.41, 5.74) is 0.668. The highest BCUT2D eigenvalue weighted by Gasteiger charge is 2.32. The van der Waals surface area contributed by atoms with Crippen LogP contribution in [-0.2, 0) is 14.3 Å². The minimum absolute atomic E-state index is 0.115. The van der Waals surface area contributed by atoms with Crippen LogP contribution < -0.4 is 5.32 Å². The summed E-state index contributed by atoms with van der Waals surface area (Å²) in [6.07, 6.45) is 4.87. The monoisotopic (exact) mass is 335 g/mol. The van der Waals surface area contributed by atoms with Crippen molar-refractivity contribution in [3.05, 3.63) is 23.6 Å². The van der Waals surface area contributed by atoms with Gasteiger partial charge < -0.3 is 19.3 Å². The molecule has 0 radical (unpaired) electrons. The molecular weight excluding hydrogens is 310 g/mol. The summed E-state index contributed by atoms with van der Waals surface area (Å²) in [4.78, 5) is 17.1. The van der Waals surface area contributed by atoms with Crippen molar-refractivity contribution < 1.29 is 18.8 Å². The number of aromatic nitrogens is 2. The molecule has 2 aliphatic heterocycles. The maximum Gasteiger partial charge on any atom is 0.250 e. The van der Waals surface area contributed by atoms with Crippen molar-refractivity contribution in [1.82, 2.24) is 15.5 Å². The van der Waals surface area contributed by atoms with Gasteiger partial charge >= 0.3 is 0 Å². The Morgan fingerprint density at radius 1 is 1.29 bits per heavy atom. The fraction of sp³-hybridized carbons (Fsp3) is 0.706. The third-order valence-corrected chi connectivity index (χ3v) is 4.49. The van der Waals surface area contributed by atoms with Crippen LogP contribution in [0, 0.1) is 5.92 Å². The Morgan fingerprint density at radius 2 is 2.08 bits per heavy atom. The van der Waals surface area contributed by atoms with Crippen LogP contribution in [0.25, 0.3) is 0 Å². The lowest BCUT2D eigenvalue weighted by atomic mass is 9.91. The van der Waals surface area contributed by atoms with Gasteiger partial charge in [0.05, 0.1) is 18.4 Å². The Labute approximate surface area is 141 Å². The summed E-state index contributed by atoms with van der Waals surface area (Å²) < 4.78 is 16.2. The van der Waals surface area contributed by atoms with Gasteiger partial charge in [-0.3, -0.25) is 4.79 Å². The van der Waals surface area contributed by atoms with E-state index in [0.717, 1.165) is 25.7 Å². The smallest absolute Gasteiger partial charge is 0.250 e. The molecule has 1 atom stereocenters. The Morgan fingerprint density at radius 3 is 2.71 bits per heavy atom. The molecule has 2 aliphatic rings. The van der Waals surface area contributed by atoms with Gasteiger partial charge in [0.2, 0.25) is 5.89 Å². The maximum atomic E-state index is 12.6. The number of nitrogens with zero attached hydrogens (tertiary/aromatic N) is 2. The van der Waals surface area contributed by atoms with Crippen molar-refractivity contribution in [1.29, 1.82) is 0 Å². The van der Waals surface area contributed by atoms with Crippen LogP contribution in [0.3, 0.4) is 0 Å². The lowest BCUT2D eigenvalue weighted by Gasteiger charge is -2.29. The predicted molar refractivity (Wildman–Crippen MR) is 86.1 cm³/mol. The van der Waals surface area contributed by atoms with Crippen LogP contribution in [0.5, 0.6) is 0 Å². The highest BCUT2D eigenvalue weighted by atomic mass is 16.5. The van der Waals surface area contributed by atoms with Crippen molar-refractivity contribution >= 4 is 5.91 Å². The first kappa shape index (κ1) is 17.0. The number of carbonyl (C=O) groups excluding carboxylic acids is 1. The Kier molecular flexibility index (Phi) is 5.50. The molecule has 1 aromatic rings. The summed E-state index contributed by atoms with van der Waals surface area (Å²) in [6, 6.07) is -0.288. The average Bonchev–Trinajstić information content (AvgIpc) is 3.11. The van der Waals surface area contributed by atoms with Crippen molar-refractivity contribution in [2.24, 2.45) is 5.92 Å². The third kappa shape index (κ3) is 3.95. The van der Waals surface area contributed by atoms with E-state index in [9.17, 15) is 4.79 Å². The molecular formula is C17H25N3O4. The molecule has 3 heterocycles. The largest absolute Gasteiger partial charge is 0.501 e. The zero-order chi connectivity index (χ0) is 16.9. The van der Waals surface area contributed by atoms with Gasteiger partial charge in [-0.05, 0) is 31.6 Å². The maximum absolute atomic E-state index is 12.6. The fourth-order valence-electron chi connectivity index (χ4n) is 3.00. The first-order valence-corrected chi connectivity index (χ1v) is 8.68. The molecule has 132 valence electrons. The van der Waals surface area contributed by atoms with Gasteiger partial charge in [0, 0.05) is 19.1 Å². The second-order valence-corrected chi connectivity index (χ2v) is 6.66. The van der Waals surface area contributed by atoms with Crippen LogP contribution in [0.2, 0.25) is 0 Å². The molecule has 24 heavy (non-hydrogen) atoms. The molecule has 0 aromatic carbocycles. The van der Waals surface area contributed by atoms with Gasteiger partial charge in [-0.15, -0.1) is 0 Å². The zero-order valence-corrected chi connectivity index (χ0v) is 14.3. The summed E-state index contributed by atoms with van der Waals surface area (Å²) in [5, 5.41) is 7.13. The van der Waals surface area contributed by atoms with E-state index in [1.165, 1.54) is 0 Å². The highest BCUT2D eigenvalue weighted by molar-refractivity contribution is 5.93. The van der Waals surface area contributed by atoms with E-state index in [2.05, 4.69) is 15.5 Å². The van der Waals surface area contributed by atoms with Crippen LogP contribution in [0.15, 0.2) is 16.4 Å². The van der Waals surface area contributed by atoms with E-state index < -0.39 is 0 Å². The predicted octanol–water partition coefficient (Wildman–Crippen LogP) is 2.47. The Hall–Kier alpha value is -1.89. The standard InChI is InChI=1S/C17H25N3O4/c1-11(2)15-19-17(24-20-15)14(12-5-8-22-9-6-12)18-16(21)13-4-3-7-23-10-13/h10-12,14H,3-9H2,1-2H3,(H,18,21)/t14-/m1/s1. The van der Waals surface area contributed by atoms with Gasteiger partial charge in [0.15, 0.2) is 5.82 Å². The minimum atomic E-state index is -0.288. The van der Waals surface area contributed by atoms with E-state index in [-0.39, 0.29) is 23.8 Å². The van der Waals surface area contributed by atoms with Crippen molar-refractivity contribution in [3.63, 3.8) is 0 Å². The third-order valence-electron chi connectivity index (χ3n) is 4.49. The van der Waals surface area contributed by atoms with Crippen LogP contribution in [-0.4, -0.2) is 35.9 Å². The number of amides is 1. The molecule has 1 amide bonds. The summed E-state index contributed by atoms with van der Waals surface area (Å²) in [7, 11) is 0. The zero-order valence-electron chi connectivity index (χ0n) is 14.3. The normalized spacial score (nSPS) is 20.4. The molecule has 7 heteroatoms. The van der Waals surface area contributed by atoms with E-state index in [4.69, 9.17) is 14.0 Å². The topological polar surface area (TPSA) is 86.5 Å². The first-order valence-electron chi connectivity index (χ1n) is 8.68. The van der Waals surface area contributed by atoms with E-state index >= 15 is 0 Å². The summed E-state index contributed by atoms with van der Waals surface area (Å²) >= 11 is 0. The van der Waals surface area contributed by atoms with Gasteiger partial charge in [0.25, 0.3) is 5.91 Å². The molecule has 0 aliphatic carbocycles. The SMILES string of the molecule is CC(C)c1noc([C@H](NC(=O)C2=COCCC2)C2CCOCC2)n1. The molecule has 1 aromatic heterocycles.